The van der Waals surface area contributed by atoms with Crippen LogP contribution in [-0.4, -0.2) is 34.6 Å². The van der Waals surface area contributed by atoms with Crippen molar-refractivity contribution in [3.63, 3.8) is 0 Å². The molecule has 0 saturated heterocycles. The molecule has 0 aliphatic rings. The Bertz CT molecular complexity index is 1160. The molecule has 2 amide bonds. The second-order valence-corrected chi connectivity index (χ2v) is 11.1. The first kappa shape index (κ1) is 29.4. The Morgan fingerprint density at radius 1 is 0.892 bits per heavy atom. The van der Waals surface area contributed by atoms with Crippen molar-refractivity contribution in [1.29, 1.82) is 0 Å². The normalized spacial score (nSPS) is 12.6. The van der Waals surface area contributed by atoms with E-state index < -0.39 is 6.04 Å². The first-order chi connectivity index (χ1) is 17.8. The molecule has 8 heteroatoms. The van der Waals surface area contributed by atoms with Gasteiger partial charge in [0.05, 0.1) is 5.75 Å². The highest BCUT2D eigenvalue weighted by atomic mass is 35.5. The number of carbonyl (C=O) groups excluding carboxylic acids is 2. The van der Waals surface area contributed by atoms with E-state index in [1.165, 1.54) is 11.8 Å². The summed E-state index contributed by atoms with van der Waals surface area (Å²) in [5.74, 6) is 0.362. The number of halogens is 3. The fourth-order valence-corrected chi connectivity index (χ4v) is 5.55. The average Bonchev–Trinajstić information content (AvgIpc) is 2.89. The number of thioether (sulfide) groups is 1. The number of carbonyl (C=O) groups is 2. The van der Waals surface area contributed by atoms with E-state index in [0.29, 0.717) is 27.2 Å². The largest absolute Gasteiger partial charge is 0.352 e. The molecule has 0 aromatic heterocycles. The fourth-order valence-electron chi connectivity index (χ4n) is 3.78. The van der Waals surface area contributed by atoms with E-state index in [2.05, 4.69) is 5.32 Å². The van der Waals surface area contributed by atoms with Crippen molar-refractivity contribution in [1.82, 2.24) is 10.2 Å². The number of hydrogen-bond acceptors (Lipinski definition) is 3. The first-order valence-electron chi connectivity index (χ1n) is 12.2. The lowest BCUT2D eigenvalue weighted by Crippen LogP contribution is -2.52. The number of benzene rings is 3. The van der Waals surface area contributed by atoms with Crippen LogP contribution < -0.4 is 5.32 Å². The minimum absolute atomic E-state index is 0.00463. The molecule has 0 heterocycles. The molecule has 0 unspecified atom stereocenters. The van der Waals surface area contributed by atoms with Crippen LogP contribution >= 0.6 is 46.6 Å². The third kappa shape index (κ3) is 8.96. The lowest BCUT2D eigenvalue weighted by molar-refractivity contribution is -0.139. The van der Waals surface area contributed by atoms with Crippen LogP contribution in [-0.2, 0) is 28.3 Å². The van der Waals surface area contributed by atoms with Gasteiger partial charge in [-0.2, -0.15) is 0 Å². The fraction of sp³-hybridized carbons (Fsp3) is 0.310. The molecular formula is C29H31Cl3N2O2S. The highest BCUT2D eigenvalue weighted by molar-refractivity contribution is 7.99. The van der Waals surface area contributed by atoms with Gasteiger partial charge in [-0.25, -0.2) is 0 Å². The van der Waals surface area contributed by atoms with Crippen LogP contribution in [0.1, 0.15) is 37.0 Å². The van der Waals surface area contributed by atoms with E-state index in [0.717, 1.165) is 23.1 Å². The van der Waals surface area contributed by atoms with Gasteiger partial charge in [0.15, 0.2) is 0 Å². The quantitative estimate of drug-likeness (QED) is 0.243. The SMILES string of the molecule is CC[C@H](C)NC(=O)[C@H](Cc1ccccc1)N(Cc1ccc(Cl)cc1)C(=O)CSCc1c(Cl)cccc1Cl. The maximum Gasteiger partial charge on any atom is 0.243 e. The van der Waals surface area contributed by atoms with Gasteiger partial charge in [0.2, 0.25) is 11.8 Å². The number of hydrogen-bond donors (Lipinski definition) is 1. The third-order valence-electron chi connectivity index (χ3n) is 6.07. The van der Waals surface area contributed by atoms with Crippen LogP contribution in [0, 0.1) is 0 Å². The Kier molecular flexibility index (Phi) is 11.7. The Morgan fingerprint density at radius 2 is 1.54 bits per heavy atom. The molecule has 0 bridgehead atoms. The number of nitrogens with one attached hydrogen (secondary N) is 1. The number of amides is 2. The third-order valence-corrected chi connectivity index (χ3v) is 7.98. The molecule has 0 saturated carbocycles. The zero-order valence-corrected chi connectivity index (χ0v) is 24.0. The summed E-state index contributed by atoms with van der Waals surface area (Å²) in [4.78, 5) is 28.9. The number of nitrogens with zero attached hydrogens (tertiary/aromatic N) is 1. The van der Waals surface area contributed by atoms with Crippen LogP contribution in [0.2, 0.25) is 15.1 Å². The minimum Gasteiger partial charge on any atom is -0.352 e. The number of rotatable bonds is 12. The minimum atomic E-state index is -0.677. The summed E-state index contributed by atoms with van der Waals surface area (Å²) >= 11 is 20.1. The molecule has 1 N–H and O–H groups in total. The van der Waals surface area contributed by atoms with Crippen molar-refractivity contribution in [2.75, 3.05) is 5.75 Å². The van der Waals surface area contributed by atoms with Crippen LogP contribution in [0.15, 0.2) is 72.8 Å². The molecule has 2 atom stereocenters. The van der Waals surface area contributed by atoms with E-state index in [1.807, 2.05) is 56.3 Å². The molecule has 0 fully saturated rings. The van der Waals surface area contributed by atoms with Gasteiger partial charge in [0.1, 0.15) is 6.04 Å². The van der Waals surface area contributed by atoms with Gasteiger partial charge < -0.3 is 10.2 Å². The average molecular weight is 578 g/mol. The maximum absolute atomic E-state index is 13.7. The standard InChI is InChI=1S/C29H31Cl3N2O2S/c1-3-20(2)33-29(36)27(16-21-8-5-4-6-9-21)34(17-22-12-14-23(30)15-13-22)28(35)19-37-18-24-25(31)10-7-11-26(24)32/h4-15,20,27H,3,16-19H2,1-2H3,(H,33,36)/t20-,27-/m0/s1. The summed E-state index contributed by atoms with van der Waals surface area (Å²) in [5.41, 5.74) is 2.67. The molecule has 0 radical (unpaired) electrons. The molecule has 0 aliphatic heterocycles. The summed E-state index contributed by atoms with van der Waals surface area (Å²) in [6.45, 7) is 4.27. The van der Waals surface area contributed by atoms with Crippen molar-refractivity contribution < 1.29 is 9.59 Å². The molecule has 0 aliphatic carbocycles. The molecule has 3 rings (SSSR count). The highest BCUT2D eigenvalue weighted by Gasteiger charge is 2.31. The van der Waals surface area contributed by atoms with Crippen LogP contribution in [0.4, 0.5) is 0 Å². The van der Waals surface area contributed by atoms with Gasteiger partial charge in [0.25, 0.3) is 0 Å². The van der Waals surface area contributed by atoms with Gasteiger partial charge in [-0.1, -0.05) is 90.3 Å². The molecule has 37 heavy (non-hydrogen) atoms. The summed E-state index contributed by atoms with van der Waals surface area (Å²) < 4.78 is 0. The van der Waals surface area contributed by atoms with Crippen LogP contribution in [0.5, 0.6) is 0 Å². The van der Waals surface area contributed by atoms with E-state index in [4.69, 9.17) is 34.8 Å². The van der Waals surface area contributed by atoms with Crippen molar-refractivity contribution in [2.45, 2.75) is 51.1 Å². The van der Waals surface area contributed by atoms with Crippen LogP contribution in [0.3, 0.4) is 0 Å². The molecule has 4 nitrogen and oxygen atoms in total. The predicted octanol–water partition coefficient (Wildman–Crippen LogP) is 7.43. The zero-order chi connectivity index (χ0) is 26.8. The molecule has 3 aromatic rings. The van der Waals surface area contributed by atoms with E-state index in [9.17, 15) is 9.59 Å². The maximum atomic E-state index is 13.7. The van der Waals surface area contributed by atoms with Crippen molar-refractivity contribution in [3.05, 3.63) is 105 Å². The predicted molar refractivity (Wildman–Crippen MR) is 156 cm³/mol. The van der Waals surface area contributed by atoms with Gasteiger partial charge in [0, 0.05) is 39.8 Å². The van der Waals surface area contributed by atoms with Gasteiger partial charge >= 0.3 is 0 Å². The molecular weight excluding hydrogens is 547 g/mol. The topological polar surface area (TPSA) is 49.4 Å². The Morgan fingerprint density at radius 3 is 2.16 bits per heavy atom. The first-order valence-corrected chi connectivity index (χ1v) is 14.5. The van der Waals surface area contributed by atoms with E-state index in [1.54, 1.807) is 35.2 Å². The molecule has 0 spiro atoms. The van der Waals surface area contributed by atoms with Crippen molar-refractivity contribution in [3.8, 4) is 0 Å². The van der Waals surface area contributed by atoms with Gasteiger partial charge in [-0.05, 0) is 54.3 Å². The molecule has 196 valence electrons. The summed E-state index contributed by atoms with van der Waals surface area (Å²) in [5, 5.41) is 4.84. The van der Waals surface area contributed by atoms with E-state index >= 15 is 0 Å². The van der Waals surface area contributed by atoms with Crippen molar-refractivity contribution in [2.24, 2.45) is 0 Å². The highest BCUT2D eigenvalue weighted by Crippen LogP contribution is 2.28. The zero-order valence-electron chi connectivity index (χ0n) is 20.9. The second-order valence-electron chi connectivity index (χ2n) is 8.86. The smallest absolute Gasteiger partial charge is 0.243 e. The lowest BCUT2D eigenvalue weighted by Gasteiger charge is -2.32. The second kappa shape index (κ2) is 14.7. The Hall–Kier alpha value is -2.18. The van der Waals surface area contributed by atoms with Crippen molar-refractivity contribution >= 4 is 58.4 Å². The van der Waals surface area contributed by atoms with Crippen LogP contribution in [0.25, 0.3) is 0 Å². The summed E-state index contributed by atoms with van der Waals surface area (Å²) in [7, 11) is 0. The Labute approximate surface area is 238 Å². The lowest BCUT2D eigenvalue weighted by atomic mass is 10.0. The van der Waals surface area contributed by atoms with Gasteiger partial charge in [-0.15, -0.1) is 11.8 Å². The summed E-state index contributed by atoms with van der Waals surface area (Å²) in [6.07, 6.45) is 1.20. The summed E-state index contributed by atoms with van der Waals surface area (Å²) in [6, 6.07) is 21.8. The molecule has 3 aromatic carbocycles. The van der Waals surface area contributed by atoms with E-state index in [-0.39, 0.29) is 30.2 Å². The Balaban J connectivity index is 1.87. The van der Waals surface area contributed by atoms with Gasteiger partial charge in [-0.3, -0.25) is 9.59 Å². The monoisotopic (exact) mass is 576 g/mol.